The summed E-state index contributed by atoms with van der Waals surface area (Å²) < 4.78 is 7.42. The van der Waals surface area contributed by atoms with Crippen molar-refractivity contribution in [3.05, 3.63) is 12.4 Å². The standard InChI is InChI=1S/C10H19N3O/c1-9(2)13-8-10(7-11-13)14-6-5-12(3)4/h7-9H,5-6H2,1-4H3. The molecule has 0 fully saturated rings. The Balaban J connectivity index is 2.36. The summed E-state index contributed by atoms with van der Waals surface area (Å²) >= 11 is 0. The summed E-state index contributed by atoms with van der Waals surface area (Å²) in [4.78, 5) is 2.09. The zero-order chi connectivity index (χ0) is 10.6. The van der Waals surface area contributed by atoms with Crippen LogP contribution in [-0.2, 0) is 0 Å². The van der Waals surface area contributed by atoms with Crippen LogP contribution in [0.5, 0.6) is 5.75 Å². The minimum Gasteiger partial charge on any atom is -0.489 e. The van der Waals surface area contributed by atoms with E-state index in [-0.39, 0.29) is 0 Å². The van der Waals surface area contributed by atoms with E-state index in [0.717, 1.165) is 12.3 Å². The number of hydrogen-bond acceptors (Lipinski definition) is 3. The van der Waals surface area contributed by atoms with Gasteiger partial charge in [-0.15, -0.1) is 0 Å². The fraction of sp³-hybridized carbons (Fsp3) is 0.700. The maximum Gasteiger partial charge on any atom is 0.157 e. The summed E-state index contributed by atoms with van der Waals surface area (Å²) in [6, 6.07) is 0.390. The summed E-state index contributed by atoms with van der Waals surface area (Å²) in [6.07, 6.45) is 3.69. The molecule has 1 rings (SSSR count). The SMILES string of the molecule is CC(C)n1cc(OCCN(C)C)cn1. The van der Waals surface area contributed by atoms with Crippen molar-refractivity contribution in [1.29, 1.82) is 0 Å². The van der Waals surface area contributed by atoms with Crippen LogP contribution >= 0.6 is 0 Å². The number of rotatable bonds is 5. The highest BCUT2D eigenvalue weighted by molar-refractivity contribution is 5.11. The van der Waals surface area contributed by atoms with E-state index in [2.05, 4.69) is 23.8 Å². The predicted octanol–water partition coefficient (Wildman–Crippen LogP) is 1.40. The molecule has 0 amide bonds. The first-order valence-electron chi connectivity index (χ1n) is 4.91. The van der Waals surface area contributed by atoms with Gasteiger partial charge in [-0.1, -0.05) is 0 Å². The minimum absolute atomic E-state index is 0.390. The molecular weight excluding hydrogens is 178 g/mol. The average molecular weight is 197 g/mol. The van der Waals surface area contributed by atoms with Gasteiger partial charge in [0.1, 0.15) is 6.61 Å². The molecule has 1 heterocycles. The van der Waals surface area contributed by atoms with Crippen molar-refractivity contribution in [2.24, 2.45) is 0 Å². The van der Waals surface area contributed by atoms with Gasteiger partial charge in [-0.25, -0.2) is 0 Å². The maximum atomic E-state index is 5.52. The molecule has 80 valence electrons. The lowest BCUT2D eigenvalue weighted by Crippen LogP contribution is -2.19. The van der Waals surface area contributed by atoms with Gasteiger partial charge in [-0.05, 0) is 27.9 Å². The smallest absolute Gasteiger partial charge is 0.157 e. The van der Waals surface area contributed by atoms with Crippen molar-refractivity contribution < 1.29 is 4.74 Å². The molecule has 0 aliphatic carbocycles. The molecule has 0 saturated heterocycles. The van der Waals surface area contributed by atoms with Gasteiger partial charge in [-0.3, -0.25) is 4.68 Å². The van der Waals surface area contributed by atoms with Crippen LogP contribution < -0.4 is 4.74 Å². The van der Waals surface area contributed by atoms with E-state index >= 15 is 0 Å². The highest BCUT2D eigenvalue weighted by Gasteiger charge is 2.01. The maximum absolute atomic E-state index is 5.52. The third kappa shape index (κ3) is 3.38. The molecule has 0 aliphatic rings. The van der Waals surface area contributed by atoms with Crippen molar-refractivity contribution in [2.75, 3.05) is 27.2 Å². The predicted molar refractivity (Wildman–Crippen MR) is 56.7 cm³/mol. The van der Waals surface area contributed by atoms with Crippen LogP contribution in [0.15, 0.2) is 12.4 Å². The van der Waals surface area contributed by atoms with Crippen LogP contribution in [-0.4, -0.2) is 41.9 Å². The Bertz CT molecular complexity index is 268. The van der Waals surface area contributed by atoms with E-state index in [1.807, 2.05) is 25.0 Å². The van der Waals surface area contributed by atoms with Gasteiger partial charge in [0.25, 0.3) is 0 Å². The van der Waals surface area contributed by atoms with E-state index in [0.29, 0.717) is 12.6 Å². The van der Waals surface area contributed by atoms with Crippen molar-refractivity contribution in [2.45, 2.75) is 19.9 Å². The van der Waals surface area contributed by atoms with Crippen molar-refractivity contribution in [3.63, 3.8) is 0 Å². The molecule has 4 heteroatoms. The molecule has 0 bridgehead atoms. The third-order valence-electron chi connectivity index (χ3n) is 1.91. The van der Waals surface area contributed by atoms with E-state index in [4.69, 9.17) is 4.74 Å². The molecule has 0 aliphatic heterocycles. The van der Waals surface area contributed by atoms with Crippen molar-refractivity contribution in [1.82, 2.24) is 14.7 Å². The van der Waals surface area contributed by atoms with E-state index in [1.54, 1.807) is 6.20 Å². The molecule has 0 aromatic carbocycles. The summed E-state index contributed by atoms with van der Waals surface area (Å²) in [5, 5.41) is 4.19. The molecule has 0 spiro atoms. The van der Waals surface area contributed by atoms with Gasteiger partial charge in [0, 0.05) is 12.6 Å². The normalized spacial score (nSPS) is 11.3. The molecular formula is C10H19N3O. The van der Waals surface area contributed by atoms with Crippen LogP contribution in [0.4, 0.5) is 0 Å². The number of likely N-dealkylation sites (N-methyl/N-ethyl adjacent to an activating group) is 1. The second-order valence-corrected chi connectivity index (χ2v) is 3.90. The molecule has 0 atom stereocenters. The van der Waals surface area contributed by atoms with Gasteiger partial charge in [0.05, 0.1) is 12.4 Å². The highest BCUT2D eigenvalue weighted by atomic mass is 16.5. The second-order valence-electron chi connectivity index (χ2n) is 3.90. The molecule has 0 radical (unpaired) electrons. The molecule has 1 aromatic heterocycles. The Morgan fingerprint density at radius 2 is 2.21 bits per heavy atom. The van der Waals surface area contributed by atoms with Gasteiger partial charge in [0.15, 0.2) is 5.75 Å². The Labute approximate surface area is 85.5 Å². The molecule has 1 aromatic rings. The first-order valence-corrected chi connectivity index (χ1v) is 4.91. The van der Waals surface area contributed by atoms with E-state index in [9.17, 15) is 0 Å². The van der Waals surface area contributed by atoms with Crippen LogP contribution in [0.1, 0.15) is 19.9 Å². The Morgan fingerprint density at radius 3 is 2.71 bits per heavy atom. The average Bonchev–Trinajstić information content (AvgIpc) is 2.52. The lowest BCUT2D eigenvalue weighted by Gasteiger charge is -2.09. The monoisotopic (exact) mass is 197 g/mol. The summed E-state index contributed by atoms with van der Waals surface area (Å²) in [5.41, 5.74) is 0. The molecule has 0 saturated carbocycles. The Morgan fingerprint density at radius 1 is 1.50 bits per heavy atom. The van der Waals surface area contributed by atoms with Gasteiger partial charge < -0.3 is 9.64 Å². The second kappa shape index (κ2) is 5.00. The Kier molecular flexibility index (Phi) is 3.95. The fourth-order valence-electron chi connectivity index (χ4n) is 1.02. The third-order valence-corrected chi connectivity index (χ3v) is 1.91. The fourth-order valence-corrected chi connectivity index (χ4v) is 1.02. The van der Waals surface area contributed by atoms with Gasteiger partial charge >= 0.3 is 0 Å². The molecule has 0 unspecified atom stereocenters. The van der Waals surface area contributed by atoms with Gasteiger partial charge in [0.2, 0.25) is 0 Å². The first kappa shape index (κ1) is 11.0. The van der Waals surface area contributed by atoms with Gasteiger partial charge in [-0.2, -0.15) is 5.10 Å². The number of aromatic nitrogens is 2. The zero-order valence-corrected chi connectivity index (χ0v) is 9.40. The quantitative estimate of drug-likeness (QED) is 0.715. The Hall–Kier alpha value is -1.03. The van der Waals surface area contributed by atoms with E-state index < -0.39 is 0 Å². The lowest BCUT2D eigenvalue weighted by molar-refractivity contribution is 0.261. The van der Waals surface area contributed by atoms with Crippen molar-refractivity contribution in [3.8, 4) is 5.75 Å². The number of hydrogen-bond donors (Lipinski definition) is 0. The summed E-state index contributed by atoms with van der Waals surface area (Å²) in [6.45, 7) is 5.82. The molecule has 4 nitrogen and oxygen atoms in total. The van der Waals surface area contributed by atoms with Crippen LogP contribution in [0.2, 0.25) is 0 Å². The summed E-state index contributed by atoms with van der Waals surface area (Å²) in [7, 11) is 4.06. The number of nitrogens with zero attached hydrogens (tertiary/aromatic N) is 3. The lowest BCUT2D eigenvalue weighted by atomic mass is 10.4. The topological polar surface area (TPSA) is 30.3 Å². The largest absolute Gasteiger partial charge is 0.489 e. The zero-order valence-electron chi connectivity index (χ0n) is 9.40. The van der Waals surface area contributed by atoms with E-state index in [1.165, 1.54) is 0 Å². The molecule has 14 heavy (non-hydrogen) atoms. The first-order chi connectivity index (χ1) is 6.59. The van der Waals surface area contributed by atoms with Crippen molar-refractivity contribution >= 4 is 0 Å². The minimum atomic E-state index is 0.390. The van der Waals surface area contributed by atoms with Crippen LogP contribution in [0.25, 0.3) is 0 Å². The highest BCUT2D eigenvalue weighted by Crippen LogP contribution is 2.11. The van der Waals surface area contributed by atoms with Crippen LogP contribution in [0.3, 0.4) is 0 Å². The molecule has 0 N–H and O–H groups in total. The van der Waals surface area contributed by atoms with Crippen LogP contribution in [0, 0.1) is 0 Å². The number of ether oxygens (including phenoxy) is 1. The summed E-state index contributed by atoms with van der Waals surface area (Å²) in [5.74, 6) is 0.848.